The van der Waals surface area contributed by atoms with Gasteiger partial charge in [0.2, 0.25) is 0 Å². The van der Waals surface area contributed by atoms with Gasteiger partial charge in [0.15, 0.2) is 0 Å². The molecular formula is C21H30N4O. The first-order chi connectivity index (χ1) is 12.4. The number of carbonyl (C=O) groups is 1. The van der Waals surface area contributed by atoms with Gasteiger partial charge >= 0.3 is 0 Å². The minimum absolute atomic E-state index is 0.0940. The van der Waals surface area contributed by atoms with Crippen molar-refractivity contribution < 1.29 is 4.79 Å². The zero-order chi connectivity index (χ0) is 19.1. The van der Waals surface area contributed by atoms with Gasteiger partial charge in [0.25, 0.3) is 5.91 Å². The summed E-state index contributed by atoms with van der Waals surface area (Å²) < 4.78 is 0. The van der Waals surface area contributed by atoms with Crippen LogP contribution in [0, 0.1) is 12.8 Å². The van der Waals surface area contributed by atoms with Crippen LogP contribution in [0.15, 0.2) is 36.7 Å². The quantitative estimate of drug-likeness (QED) is 0.739. The molecule has 1 aromatic heterocycles. The van der Waals surface area contributed by atoms with Gasteiger partial charge in [0.1, 0.15) is 0 Å². The fraction of sp³-hybridized carbons (Fsp3) is 0.429. The molecule has 0 radical (unpaired) electrons. The molecule has 1 aromatic carbocycles. The number of aryl methyl sites for hydroxylation is 1. The van der Waals surface area contributed by atoms with E-state index in [9.17, 15) is 4.79 Å². The van der Waals surface area contributed by atoms with E-state index >= 15 is 0 Å². The van der Waals surface area contributed by atoms with Crippen LogP contribution in [-0.2, 0) is 0 Å². The lowest BCUT2D eigenvalue weighted by molar-refractivity contribution is 0.0948. The summed E-state index contributed by atoms with van der Waals surface area (Å²) in [6.07, 6.45) is 3.33. The van der Waals surface area contributed by atoms with Crippen molar-refractivity contribution in [2.45, 2.75) is 34.6 Å². The molecule has 0 aliphatic carbocycles. The van der Waals surface area contributed by atoms with Gasteiger partial charge in [-0.05, 0) is 56.5 Å². The number of anilines is 3. The number of hydrogen-bond acceptors (Lipinski definition) is 4. The van der Waals surface area contributed by atoms with E-state index in [0.717, 1.165) is 30.0 Å². The van der Waals surface area contributed by atoms with Crippen LogP contribution in [0.2, 0.25) is 0 Å². The lowest BCUT2D eigenvalue weighted by Crippen LogP contribution is -2.27. The molecule has 140 valence electrons. The average molecular weight is 354 g/mol. The van der Waals surface area contributed by atoms with Gasteiger partial charge in [-0.2, -0.15) is 0 Å². The lowest BCUT2D eigenvalue weighted by atomic mass is 10.1. The Hall–Kier alpha value is -2.56. The summed E-state index contributed by atoms with van der Waals surface area (Å²) >= 11 is 0. The normalized spacial score (nSPS) is 10.7. The van der Waals surface area contributed by atoms with Gasteiger partial charge in [-0.3, -0.25) is 9.78 Å². The van der Waals surface area contributed by atoms with Gasteiger partial charge in [-0.25, -0.2) is 0 Å². The van der Waals surface area contributed by atoms with Crippen LogP contribution in [0.1, 0.15) is 43.6 Å². The Balaban J connectivity index is 2.13. The van der Waals surface area contributed by atoms with Crippen LogP contribution in [0.3, 0.4) is 0 Å². The maximum Gasteiger partial charge on any atom is 0.252 e. The highest BCUT2D eigenvalue weighted by Crippen LogP contribution is 2.25. The Morgan fingerprint density at radius 2 is 1.88 bits per heavy atom. The number of carbonyl (C=O) groups excluding carboxylic acids is 1. The first-order valence-electron chi connectivity index (χ1n) is 9.30. The molecule has 0 atom stereocenters. The minimum atomic E-state index is -0.0940. The lowest BCUT2D eigenvalue weighted by Gasteiger charge is -2.22. The monoisotopic (exact) mass is 354 g/mol. The average Bonchev–Trinajstić information content (AvgIpc) is 2.63. The van der Waals surface area contributed by atoms with Crippen molar-refractivity contribution in [2.75, 3.05) is 29.9 Å². The highest BCUT2D eigenvalue weighted by molar-refractivity contribution is 5.94. The van der Waals surface area contributed by atoms with E-state index in [1.807, 2.05) is 6.07 Å². The fourth-order valence-electron chi connectivity index (χ4n) is 2.76. The second-order valence-electron chi connectivity index (χ2n) is 6.86. The highest BCUT2D eigenvalue weighted by Gasteiger charge is 2.09. The molecule has 0 saturated carbocycles. The van der Waals surface area contributed by atoms with Gasteiger partial charge in [0, 0.05) is 37.2 Å². The van der Waals surface area contributed by atoms with Gasteiger partial charge < -0.3 is 15.5 Å². The Labute approximate surface area is 156 Å². The molecule has 1 amide bonds. The molecule has 0 saturated heterocycles. The van der Waals surface area contributed by atoms with Crippen molar-refractivity contribution in [3.05, 3.63) is 47.8 Å². The van der Waals surface area contributed by atoms with E-state index < -0.39 is 0 Å². The van der Waals surface area contributed by atoms with Crippen LogP contribution in [0.4, 0.5) is 17.1 Å². The largest absolute Gasteiger partial charge is 0.372 e. The Bertz CT molecular complexity index is 739. The van der Waals surface area contributed by atoms with Crippen LogP contribution in [0.25, 0.3) is 0 Å². The molecule has 2 rings (SSSR count). The standard InChI is InChI=1S/C21H30N4O/c1-6-25(7-2)19-8-9-20(16(5)10-19)24-18-11-17(13-22-14-18)21(26)23-12-15(3)4/h8-11,13-15,24H,6-7,12H2,1-5H3,(H,23,26). The van der Waals surface area contributed by atoms with Crippen LogP contribution < -0.4 is 15.5 Å². The number of pyridine rings is 1. The predicted octanol–water partition coefficient (Wildman–Crippen LogP) is 4.37. The first-order valence-corrected chi connectivity index (χ1v) is 9.30. The van der Waals surface area contributed by atoms with Crippen molar-refractivity contribution in [1.82, 2.24) is 10.3 Å². The molecule has 0 aliphatic rings. The van der Waals surface area contributed by atoms with E-state index in [4.69, 9.17) is 0 Å². The van der Waals surface area contributed by atoms with E-state index in [-0.39, 0.29) is 5.91 Å². The number of aromatic nitrogens is 1. The smallest absolute Gasteiger partial charge is 0.252 e. The summed E-state index contributed by atoms with van der Waals surface area (Å²) in [6, 6.07) is 8.21. The molecule has 2 aromatic rings. The van der Waals surface area contributed by atoms with E-state index in [1.54, 1.807) is 12.4 Å². The highest BCUT2D eigenvalue weighted by atomic mass is 16.1. The third-order valence-corrected chi connectivity index (χ3v) is 4.29. The number of nitrogens with zero attached hydrogens (tertiary/aromatic N) is 2. The maximum absolute atomic E-state index is 12.2. The molecule has 0 aliphatic heterocycles. The fourth-order valence-corrected chi connectivity index (χ4v) is 2.76. The Kier molecular flexibility index (Phi) is 7.01. The summed E-state index contributed by atoms with van der Waals surface area (Å²) in [6.45, 7) is 13.2. The van der Waals surface area contributed by atoms with Crippen molar-refractivity contribution in [1.29, 1.82) is 0 Å². The van der Waals surface area contributed by atoms with Crippen LogP contribution in [-0.4, -0.2) is 30.5 Å². The number of hydrogen-bond donors (Lipinski definition) is 2. The SMILES string of the molecule is CCN(CC)c1ccc(Nc2cncc(C(=O)NCC(C)C)c2)c(C)c1. The number of nitrogens with one attached hydrogen (secondary N) is 2. The molecule has 0 bridgehead atoms. The number of amides is 1. The molecule has 0 fully saturated rings. The predicted molar refractivity (Wildman–Crippen MR) is 109 cm³/mol. The third-order valence-electron chi connectivity index (χ3n) is 4.29. The molecule has 2 N–H and O–H groups in total. The van der Waals surface area contributed by atoms with Crippen molar-refractivity contribution in [2.24, 2.45) is 5.92 Å². The second kappa shape index (κ2) is 9.22. The third kappa shape index (κ3) is 5.22. The summed E-state index contributed by atoms with van der Waals surface area (Å²) in [5.74, 6) is 0.323. The zero-order valence-electron chi connectivity index (χ0n) is 16.5. The molecule has 5 nitrogen and oxygen atoms in total. The number of rotatable bonds is 8. The van der Waals surface area contributed by atoms with Crippen molar-refractivity contribution in [3.63, 3.8) is 0 Å². The molecule has 26 heavy (non-hydrogen) atoms. The van der Waals surface area contributed by atoms with E-state index in [0.29, 0.717) is 18.0 Å². The second-order valence-corrected chi connectivity index (χ2v) is 6.86. The van der Waals surface area contributed by atoms with Crippen LogP contribution >= 0.6 is 0 Å². The Morgan fingerprint density at radius 3 is 2.50 bits per heavy atom. The van der Waals surface area contributed by atoms with Crippen LogP contribution in [0.5, 0.6) is 0 Å². The molecule has 5 heteroatoms. The summed E-state index contributed by atoms with van der Waals surface area (Å²) in [7, 11) is 0. The maximum atomic E-state index is 12.2. The number of benzene rings is 1. The molecule has 0 unspecified atom stereocenters. The van der Waals surface area contributed by atoms with Gasteiger partial charge in [-0.1, -0.05) is 13.8 Å². The van der Waals surface area contributed by atoms with E-state index in [2.05, 4.69) is 73.3 Å². The van der Waals surface area contributed by atoms with Crippen molar-refractivity contribution >= 4 is 23.0 Å². The van der Waals surface area contributed by atoms with Gasteiger partial charge in [-0.15, -0.1) is 0 Å². The summed E-state index contributed by atoms with van der Waals surface area (Å²) in [5.41, 5.74) is 4.76. The first kappa shape index (κ1) is 19.8. The topological polar surface area (TPSA) is 57.3 Å². The Morgan fingerprint density at radius 1 is 1.15 bits per heavy atom. The molecular weight excluding hydrogens is 324 g/mol. The van der Waals surface area contributed by atoms with Gasteiger partial charge in [0.05, 0.1) is 17.4 Å². The van der Waals surface area contributed by atoms with E-state index in [1.165, 1.54) is 5.69 Å². The minimum Gasteiger partial charge on any atom is -0.372 e. The summed E-state index contributed by atoms with van der Waals surface area (Å²) in [5, 5.41) is 6.29. The molecule has 0 spiro atoms. The molecule has 1 heterocycles. The zero-order valence-corrected chi connectivity index (χ0v) is 16.5. The summed E-state index contributed by atoms with van der Waals surface area (Å²) in [4.78, 5) is 18.7. The van der Waals surface area contributed by atoms with Crippen molar-refractivity contribution in [3.8, 4) is 0 Å².